The summed E-state index contributed by atoms with van der Waals surface area (Å²) < 4.78 is 40.1. The normalized spacial score (nSPS) is 13.2. The Hall–Kier alpha value is -3.42. The van der Waals surface area contributed by atoms with E-state index in [0.717, 1.165) is 36.2 Å². The van der Waals surface area contributed by atoms with Gasteiger partial charge in [0, 0.05) is 24.6 Å². The zero-order chi connectivity index (χ0) is 19.7. The number of amides is 1. The maximum absolute atomic E-state index is 13.7. The number of aryl methyl sites for hydroxylation is 1. The lowest BCUT2D eigenvalue weighted by atomic mass is 10.0. The minimum absolute atomic E-state index is 0.0412. The summed E-state index contributed by atoms with van der Waals surface area (Å²) in [6, 6.07) is 9.55. The third-order valence-electron chi connectivity index (χ3n) is 4.54. The number of halogens is 3. The van der Waals surface area contributed by atoms with Gasteiger partial charge in [0.15, 0.2) is 17.5 Å². The second kappa shape index (κ2) is 7.30. The number of rotatable bonds is 3. The van der Waals surface area contributed by atoms with Gasteiger partial charge in [0.1, 0.15) is 0 Å². The van der Waals surface area contributed by atoms with Gasteiger partial charge in [-0.1, -0.05) is 18.2 Å². The lowest BCUT2D eigenvalue weighted by molar-refractivity contribution is 0.0984. The van der Waals surface area contributed by atoms with Gasteiger partial charge in [-0.3, -0.25) is 4.79 Å². The van der Waals surface area contributed by atoms with Gasteiger partial charge >= 0.3 is 0 Å². The van der Waals surface area contributed by atoms with Crippen molar-refractivity contribution >= 4 is 23.2 Å². The quantitative estimate of drug-likeness (QED) is 0.687. The smallest absolute Gasteiger partial charge is 0.261 e. The van der Waals surface area contributed by atoms with Gasteiger partial charge < -0.3 is 10.2 Å². The van der Waals surface area contributed by atoms with Crippen LogP contribution in [-0.2, 0) is 6.42 Å². The van der Waals surface area contributed by atoms with Crippen molar-refractivity contribution in [2.45, 2.75) is 12.8 Å². The van der Waals surface area contributed by atoms with Crippen molar-refractivity contribution in [2.75, 3.05) is 16.8 Å². The van der Waals surface area contributed by atoms with Gasteiger partial charge in [-0.25, -0.2) is 23.1 Å². The molecule has 0 saturated carbocycles. The summed E-state index contributed by atoms with van der Waals surface area (Å²) in [6.07, 6.45) is 4.40. The number of nitrogens with one attached hydrogen (secondary N) is 1. The number of hydrogen-bond donors (Lipinski definition) is 1. The average Bonchev–Trinajstić information content (AvgIpc) is 2.74. The molecule has 1 aliphatic heterocycles. The molecule has 0 radical (unpaired) electrons. The van der Waals surface area contributed by atoms with Crippen molar-refractivity contribution in [3.63, 3.8) is 0 Å². The van der Waals surface area contributed by atoms with E-state index in [-0.39, 0.29) is 23.1 Å². The Morgan fingerprint density at radius 3 is 2.54 bits per heavy atom. The van der Waals surface area contributed by atoms with Gasteiger partial charge in [-0.2, -0.15) is 0 Å². The summed E-state index contributed by atoms with van der Waals surface area (Å²) in [5.41, 5.74) is 1.94. The number of carbonyl (C=O) groups excluding carboxylic acids is 1. The molecule has 8 heteroatoms. The highest BCUT2D eigenvalue weighted by atomic mass is 19.2. The van der Waals surface area contributed by atoms with Gasteiger partial charge in [-0.15, -0.1) is 0 Å². The van der Waals surface area contributed by atoms with Crippen LogP contribution < -0.4 is 10.2 Å². The van der Waals surface area contributed by atoms with E-state index in [4.69, 9.17) is 0 Å². The molecule has 1 amide bonds. The van der Waals surface area contributed by atoms with Crippen molar-refractivity contribution in [1.82, 2.24) is 9.97 Å². The van der Waals surface area contributed by atoms with Crippen LogP contribution in [0.2, 0.25) is 0 Å². The van der Waals surface area contributed by atoms with Crippen LogP contribution in [0.15, 0.2) is 48.8 Å². The molecule has 1 aromatic heterocycles. The van der Waals surface area contributed by atoms with Crippen molar-refractivity contribution in [2.24, 2.45) is 0 Å². The number of fused-ring (bicyclic) bond motifs is 1. The molecule has 5 nitrogen and oxygen atoms in total. The zero-order valence-corrected chi connectivity index (χ0v) is 14.6. The van der Waals surface area contributed by atoms with E-state index < -0.39 is 17.5 Å². The summed E-state index contributed by atoms with van der Waals surface area (Å²) in [7, 11) is 0. The Bertz CT molecular complexity index is 1040. The first kappa shape index (κ1) is 18.0. The molecule has 0 atom stereocenters. The zero-order valence-electron chi connectivity index (χ0n) is 14.6. The van der Waals surface area contributed by atoms with Gasteiger partial charge in [0.05, 0.1) is 11.3 Å². The first-order valence-electron chi connectivity index (χ1n) is 8.67. The highest BCUT2D eigenvalue weighted by Crippen LogP contribution is 2.28. The van der Waals surface area contributed by atoms with Crippen LogP contribution in [-0.4, -0.2) is 22.4 Å². The van der Waals surface area contributed by atoms with Gasteiger partial charge in [0.2, 0.25) is 5.95 Å². The average molecular weight is 384 g/mol. The Kier molecular flexibility index (Phi) is 4.68. The van der Waals surface area contributed by atoms with Crippen LogP contribution in [0.4, 0.5) is 30.5 Å². The molecule has 0 fully saturated rings. The monoisotopic (exact) mass is 384 g/mol. The van der Waals surface area contributed by atoms with Crippen molar-refractivity contribution in [3.8, 4) is 0 Å². The summed E-state index contributed by atoms with van der Waals surface area (Å²) in [5.74, 6) is -4.51. The molecule has 0 unspecified atom stereocenters. The van der Waals surface area contributed by atoms with E-state index in [9.17, 15) is 18.0 Å². The van der Waals surface area contributed by atoms with Crippen LogP contribution >= 0.6 is 0 Å². The molecule has 0 aliphatic carbocycles. The predicted molar refractivity (Wildman–Crippen MR) is 98.1 cm³/mol. The number of hydrogen-bond acceptors (Lipinski definition) is 4. The summed E-state index contributed by atoms with van der Waals surface area (Å²) in [6.45, 7) is 0.593. The molecule has 0 spiro atoms. The van der Waals surface area contributed by atoms with Crippen molar-refractivity contribution < 1.29 is 18.0 Å². The first-order chi connectivity index (χ1) is 13.5. The Morgan fingerprint density at radius 2 is 1.75 bits per heavy atom. The fourth-order valence-electron chi connectivity index (χ4n) is 3.15. The molecule has 3 aromatic rings. The number of nitrogens with zero attached hydrogens (tertiary/aromatic N) is 3. The van der Waals surface area contributed by atoms with Crippen LogP contribution in [0.3, 0.4) is 0 Å². The molecular formula is C20H15F3N4O. The SMILES string of the molecule is O=C(c1cnc(Nc2ccc(F)c(F)c2F)nc1)N1CCCc2ccccc21. The maximum atomic E-state index is 13.7. The fourth-order valence-corrected chi connectivity index (χ4v) is 3.15. The van der Waals surface area contributed by atoms with E-state index in [1.54, 1.807) is 4.90 Å². The van der Waals surface area contributed by atoms with Crippen molar-refractivity contribution in [3.05, 3.63) is 77.4 Å². The number of aromatic nitrogens is 2. The maximum Gasteiger partial charge on any atom is 0.261 e. The highest BCUT2D eigenvalue weighted by molar-refractivity contribution is 6.06. The van der Waals surface area contributed by atoms with E-state index in [2.05, 4.69) is 15.3 Å². The standard InChI is InChI=1S/C20H15F3N4O/c21-14-7-8-15(18(23)17(14)22)26-20-24-10-13(11-25-20)19(28)27-9-3-5-12-4-1-2-6-16(12)27/h1-2,4,6-8,10-11H,3,5,9H2,(H,24,25,26). The van der Waals surface area contributed by atoms with Crippen molar-refractivity contribution in [1.29, 1.82) is 0 Å². The Labute approximate surface area is 158 Å². The third kappa shape index (κ3) is 3.28. The van der Waals surface area contributed by atoms with Crippen LogP contribution in [0.1, 0.15) is 22.3 Å². The van der Waals surface area contributed by atoms with Gasteiger partial charge in [-0.05, 0) is 36.6 Å². The molecule has 0 bridgehead atoms. The Morgan fingerprint density at radius 1 is 1.00 bits per heavy atom. The summed E-state index contributed by atoms with van der Waals surface area (Å²) >= 11 is 0. The highest BCUT2D eigenvalue weighted by Gasteiger charge is 2.24. The van der Waals surface area contributed by atoms with Crippen LogP contribution in [0.5, 0.6) is 0 Å². The third-order valence-corrected chi connectivity index (χ3v) is 4.54. The lowest BCUT2D eigenvalue weighted by Crippen LogP contribution is -2.35. The molecular weight excluding hydrogens is 369 g/mol. The fraction of sp³-hybridized carbons (Fsp3) is 0.150. The van der Waals surface area contributed by atoms with E-state index in [1.165, 1.54) is 12.4 Å². The molecule has 2 heterocycles. The minimum atomic E-state index is -1.58. The second-order valence-electron chi connectivity index (χ2n) is 6.33. The van der Waals surface area contributed by atoms with E-state index >= 15 is 0 Å². The molecule has 1 aliphatic rings. The molecule has 28 heavy (non-hydrogen) atoms. The molecule has 0 saturated heterocycles. The summed E-state index contributed by atoms with van der Waals surface area (Å²) in [4.78, 5) is 22.5. The topological polar surface area (TPSA) is 58.1 Å². The molecule has 142 valence electrons. The lowest BCUT2D eigenvalue weighted by Gasteiger charge is -2.29. The second-order valence-corrected chi connectivity index (χ2v) is 6.33. The van der Waals surface area contributed by atoms with Gasteiger partial charge in [0.25, 0.3) is 5.91 Å². The van der Waals surface area contributed by atoms with E-state index in [0.29, 0.717) is 6.54 Å². The number of para-hydroxylation sites is 1. The molecule has 1 N–H and O–H groups in total. The predicted octanol–water partition coefficient (Wildman–Crippen LogP) is 4.23. The Balaban J connectivity index is 1.54. The minimum Gasteiger partial charge on any atom is -0.322 e. The van der Waals surface area contributed by atoms with Crippen LogP contribution in [0, 0.1) is 17.5 Å². The number of carbonyl (C=O) groups is 1. The summed E-state index contributed by atoms with van der Waals surface area (Å²) in [5, 5.41) is 2.47. The molecule has 2 aromatic carbocycles. The number of anilines is 3. The first-order valence-corrected chi connectivity index (χ1v) is 8.67. The largest absolute Gasteiger partial charge is 0.322 e. The van der Waals surface area contributed by atoms with Crippen LogP contribution in [0.25, 0.3) is 0 Å². The van der Waals surface area contributed by atoms with E-state index in [1.807, 2.05) is 24.3 Å². The molecule has 4 rings (SSSR count). The number of benzene rings is 2.